The average Bonchev–Trinajstić information content (AvgIpc) is 2.51. The molecule has 0 aromatic rings. The van der Waals surface area contributed by atoms with Gasteiger partial charge >= 0.3 is 0 Å². The van der Waals surface area contributed by atoms with Crippen LogP contribution in [0.1, 0.15) is 25.7 Å². The van der Waals surface area contributed by atoms with Gasteiger partial charge in [-0.3, -0.25) is 9.59 Å². The molecule has 1 aliphatic heterocycles. The van der Waals surface area contributed by atoms with Gasteiger partial charge < -0.3 is 0 Å². The van der Waals surface area contributed by atoms with Crippen molar-refractivity contribution in [3.8, 4) is 0 Å². The van der Waals surface area contributed by atoms with Crippen molar-refractivity contribution >= 4 is 11.8 Å². The fourth-order valence-corrected chi connectivity index (χ4v) is 3.42. The molecule has 84 valence electrons. The minimum atomic E-state index is -0.689. The van der Waals surface area contributed by atoms with E-state index in [1.807, 2.05) is 24.3 Å². The van der Waals surface area contributed by atoms with E-state index < -0.39 is 10.8 Å². The number of allylic oxidation sites excluding steroid dienone is 2. The molecule has 2 amide bonds. The zero-order chi connectivity index (χ0) is 11.4. The molecule has 1 heterocycles. The second kappa shape index (κ2) is 2.83. The first-order valence-electron chi connectivity index (χ1n) is 5.65. The number of carbonyl (C=O) groups excluding carboxylic acids is 2. The molecule has 0 aromatic carbocycles. The summed E-state index contributed by atoms with van der Waals surface area (Å²) in [5.74, 6) is 5.12. The lowest BCUT2D eigenvalue weighted by Gasteiger charge is -2.42. The van der Waals surface area contributed by atoms with Crippen molar-refractivity contribution < 1.29 is 9.59 Å². The van der Waals surface area contributed by atoms with E-state index in [0.29, 0.717) is 0 Å². The molecule has 4 heteroatoms. The van der Waals surface area contributed by atoms with Gasteiger partial charge in [-0.05, 0) is 12.8 Å². The molecule has 3 aliphatic rings. The normalized spacial score (nSPS) is 41.2. The van der Waals surface area contributed by atoms with E-state index in [2.05, 4.69) is 0 Å². The molecule has 1 saturated heterocycles. The molecule has 2 N–H and O–H groups in total. The van der Waals surface area contributed by atoms with Crippen LogP contribution in [0.2, 0.25) is 0 Å². The third kappa shape index (κ3) is 0.812. The number of hydrazine groups is 1. The molecule has 2 atom stereocenters. The fraction of sp³-hybridized carbons (Fsp3) is 0.500. The minimum Gasteiger partial charge on any atom is -0.272 e. The Morgan fingerprint density at radius 1 is 1.00 bits per heavy atom. The number of rotatable bonds is 0. The molecule has 4 nitrogen and oxygen atoms in total. The van der Waals surface area contributed by atoms with E-state index in [1.165, 1.54) is 0 Å². The Kier molecular flexibility index (Phi) is 1.73. The molecule has 1 saturated carbocycles. The van der Waals surface area contributed by atoms with Crippen molar-refractivity contribution in [3.63, 3.8) is 0 Å². The maximum Gasteiger partial charge on any atom is 0.255 e. The third-order valence-electron chi connectivity index (χ3n) is 4.26. The van der Waals surface area contributed by atoms with Gasteiger partial charge in [0.2, 0.25) is 0 Å². The van der Waals surface area contributed by atoms with Gasteiger partial charge in [0.05, 0.1) is 10.8 Å². The Morgan fingerprint density at radius 3 is 1.88 bits per heavy atom. The van der Waals surface area contributed by atoms with E-state index in [1.54, 1.807) is 0 Å². The standard InChI is InChI=1S/C12H14N2O2/c13-14-9(15)11-5-1-2-6-12(11,10(14)16)8-4-3-7-11/h1-2,5-6H,3-4,7-8,13H2/t11-,12-/m0/s1. The molecule has 0 spiro atoms. The highest BCUT2D eigenvalue weighted by Gasteiger charge is 2.67. The van der Waals surface area contributed by atoms with Crippen molar-refractivity contribution in [3.05, 3.63) is 24.3 Å². The highest BCUT2D eigenvalue weighted by Crippen LogP contribution is 2.59. The smallest absolute Gasteiger partial charge is 0.255 e. The molecular formula is C12H14N2O2. The Bertz CT molecular complexity index is 400. The Morgan fingerprint density at radius 2 is 1.44 bits per heavy atom. The largest absolute Gasteiger partial charge is 0.272 e. The van der Waals surface area contributed by atoms with Gasteiger partial charge in [-0.1, -0.05) is 37.1 Å². The molecule has 3 rings (SSSR count). The van der Waals surface area contributed by atoms with E-state index in [4.69, 9.17) is 5.84 Å². The van der Waals surface area contributed by atoms with Gasteiger partial charge in [-0.25, -0.2) is 10.9 Å². The average molecular weight is 218 g/mol. The number of imide groups is 1. The fourth-order valence-electron chi connectivity index (χ4n) is 3.42. The van der Waals surface area contributed by atoms with Crippen LogP contribution in [0.5, 0.6) is 0 Å². The van der Waals surface area contributed by atoms with Gasteiger partial charge in [0, 0.05) is 0 Å². The van der Waals surface area contributed by atoms with Crippen molar-refractivity contribution in [1.82, 2.24) is 5.01 Å². The number of carbonyl (C=O) groups is 2. The van der Waals surface area contributed by atoms with Crippen molar-refractivity contribution in [1.29, 1.82) is 0 Å². The lowest BCUT2D eigenvalue weighted by Crippen LogP contribution is -2.45. The molecule has 0 bridgehead atoms. The van der Waals surface area contributed by atoms with Gasteiger partial charge in [0.1, 0.15) is 0 Å². The highest BCUT2D eigenvalue weighted by molar-refractivity contribution is 6.11. The van der Waals surface area contributed by atoms with Crippen LogP contribution >= 0.6 is 0 Å². The predicted molar refractivity (Wildman–Crippen MR) is 57.7 cm³/mol. The van der Waals surface area contributed by atoms with Gasteiger partial charge in [0.25, 0.3) is 11.8 Å². The third-order valence-corrected chi connectivity index (χ3v) is 4.26. The second-order valence-corrected chi connectivity index (χ2v) is 4.85. The summed E-state index contributed by atoms with van der Waals surface area (Å²) in [5, 5.41) is 0.825. The monoisotopic (exact) mass is 218 g/mol. The molecule has 0 radical (unpaired) electrons. The number of hydrogen-bond acceptors (Lipinski definition) is 3. The molecular weight excluding hydrogens is 204 g/mol. The molecule has 0 unspecified atom stereocenters. The summed E-state index contributed by atoms with van der Waals surface area (Å²) in [6.45, 7) is 0. The summed E-state index contributed by atoms with van der Waals surface area (Å²) in [4.78, 5) is 24.4. The van der Waals surface area contributed by atoms with Crippen LogP contribution in [0.4, 0.5) is 0 Å². The van der Waals surface area contributed by atoms with Gasteiger partial charge in [-0.15, -0.1) is 0 Å². The van der Waals surface area contributed by atoms with Crippen LogP contribution in [0, 0.1) is 10.8 Å². The minimum absolute atomic E-state index is 0.238. The first-order valence-corrected chi connectivity index (χ1v) is 5.65. The molecule has 2 aliphatic carbocycles. The summed E-state index contributed by atoms with van der Waals surface area (Å²) in [7, 11) is 0. The number of nitrogens with two attached hydrogens (primary N) is 1. The SMILES string of the molecule is NN1C(=O)[C@@]23C=CC=C[C@]2(CCCC3)C1=O. The van der Waals surface area contributed by atoms with Gasteiger partial charge in [0.15, 0.2) is 0 Å². The van der Waals surface area contributed by atoms with E-state index >= 15 is 0 Å². The summed E-state index contributed by atoms with van der Waals surface area (Å²) >= 11 is 0. The van der Waals surface area contributed by atoms with Crippen LogP contribution < -0.4 is 5.84 Å². The van der Waals surface area contributed by atoms with Crippen molar-refractivity contribution in [2.45, 2.75) is 25.7 Å². The number of nitrogens with zero attached hydrogens (tertiary/aromatic N) is 1. The van der Waals surface area contributed by atoms with Crippen molar-refractivity contribution in [2.24, 2.45) is 16.7 Å². The van der Waals surface area contributed by atoms with Crippen LogP contribution in [0.15, 0.2) is 24.3 Å². The topological polar surface area (TPSA) is 63.4 Å². The Labute approximate surface area is 93.7 Å². The lowest BCUT2D eigenvalue weighted by molar-refractivity contribution is -0.141. The summed E-state index contributed by atoms with van der Waals surface area (Å²) in [5.41, 5.74) is -1.38. The first-order chi connectivity index (χ1) is 7.64. The van der Waals surface area contributed by atoms with Crippen molar-refractivity contribution in [2.75, 3.05) is 0 Å². The number of amides is 2. The zero-order valence-electron chi connectivity index (χ0n) is 8.98. The Hall–Kier alpha value is -1.42. The van der Waals surface area contributed by atoms with Gasteiger partial charge in [-0.2, -0.15) is 0 Å². The summed E-state index contributed by atoms with van der Waals surface area (Å²) in [6, 6.07) is 0. The van der Waals surface area contributed by atoms with E-state index in [0.717, 1.165) is 30.7 Å². The van der Waals surface area contributed by atoms with Crippen LogP contribution in [-0.2, 0) is 9.59 Å². The molecule has 2 fully saturated rings. The maximum absolute atomic E-state index is 12.2. The summed E-state index contributed by atoms with van der Waals surface area (Å²) in [6.07, 6.45) is 10.9. The highest BCUT2D eigenvalue weighted by atomic mass is 16.2. The van der Waals surface area contributed by atoms with E-state index in [9.17, 15) is 9.59 Å². The lowest BCUT2D eigenvalue weighted by atomic mass is 9.55. The quantitative estimate of drug-likeness (QED) is 0.373. The number of hydrogen-bond donors (Lipinski definition) is 1. The van der Waals surface area contributed by atoms with E-state index in [-0.39, 0.29) is 11.8 Å². The maximum atomic E-state index is 12.2. The Balaban J connectivity index is 2.25. The van der Waals surface area contributed by atoms with Crippen LogP contribution in [0.25, 0.3) is 0 Å². The first kappa shape index (κ1) is 9.78. The molecule has 16 heavy (non-hydrogen) atoms. The van der Waals surface area contributed by atoms with Crippen LogP contribution in [-0.4, -0.2) is 16.8 Å². The predicted octanol–water partition coefficient (Wildman–Crippen LogP) is 0.902. The molecule has 0 aromatic heterocycles. The zero-order valence-corrected chi connectivity index (χ0v) is 8.98. The second-order valence-electron chi connectivity index (χ2n) is 4.85. The summed E-state index contributed by atoms with van der Waals surface area (Å²) < 4.78 is 0. The van der Waals surface area contributed by atoms with Crippen LogP contribution in [0.3, 0.4) is 0 Å².